The first kappa shape index (κ1) is 11.9. The van der Waals surface area contributed by atoms with Crippen LogP contribution >= 0.6 is 0 Å². The Balaban J connectivity index is 1.82. The second kappa shape index (κ2) is 4.19. The van der Waals surface area contributed by atoms with E-state index in [1.54, 1.807) is 0 Å². The summed E-state index contributed by atoms with van der Waals surface area (Å²) in [6, 6.07) is 2.68. The Labute approximate surface area is 105 Å². The quantitative estimate of drug-likeness (QED) is 0.652. The van der Waals surface area contributed by atoms with Gasteiger partial charge in [0.2, 0.25) is 0 Å². The molecule has 4 nitrogen and oxygen atoms in total. The topological polar surface area (TPSA) is 30.5 Å². The summed E-state index contributed by atoms with van der Waals surface area (Å²) in [5, 5.41) is 7.54. The summed E-state index contributed by atoms with van der Waals surface area (Å²) in [7, 11) is 0. The third kappa shape index (κ3) is 1.91. The van der Waals surface area contributed by atoms with Crippen molar-refractivity contribution in [3.8, 4) is 0 Å². The number of nitrogens with zero attached hydrogens (tertiary/aromatic N) is 2. The van der Waals surface area contributed by atoms with E-state index in [9.17, 15) is 0 Å². The van der Waals surface area contributed by atoms with Gasteiger partial charge in [0.1, 0.15) is 0 Å². The molecule has 0 amide bonds. The van der Waals surface area contributed by atoms with Gasteiger partial charge in [-0.1, -0.05) is 0 Å². The minimum Gasteiger partial charge on any atom is -0.297 e. The van der Waals surface area contributed by atoms with Gasteiger partial charge in [-0.3, -0.25) is 20.4 Å². The van der Waals surface area contributed by atoms with Crippen LogP contribution in [0.4, 0.5) is 0 Å². The Hall–Kier alpha value is -0.160. The molecule has 0 aromatic rings. The number of nitrogens with one attached hydrogen (secondary N) is 2. The molecule has 17 heavy (non-hydrogen) atoms. The summed E-state index contributed by atoms with van der Waals surface area (Å²) >= 11 is 0. The maximum absolute atomic E-state index is 3.77. The van der Waals surface area contributed by atoms with Gasteiger partial charge in [-0.25, -0.2) is 0 Å². The first-order valence-corrected chi connectivity index (χ1v) is 7.10. The highest BCUT2D eigenvalue weighted by atomic mass is 15.5. The van der Waals surface area contributed by atoms with Crippen molar-refractivity contribution in [1.29, 1.82) is 0 Å². The van der Waals surface area contributed by atoms with Gasteiger partial charge in [0.05, 0.1) is 19.0 Å². The van der Waals surface area contributed by atoms with E-state index in [4.69, 9.17) is 0 Å². The maximum atomic E-state index is 3.77. The number of rotatable bonds is 0. The molecule has 3 aliphatic heterocycles. The number of hydrogen-bond donors (Lipinski definition) is 2. The van der Waals surface area contributed by atoms with Crippen molar-refractivity contribution in [2.45, 2.75) is 77.0 Å². The fourth-order valence-corrected chi connectivity index (χ4v) is 3.94. The van der Waals surface area contributed by atoms with Crippen LogP contribution in [0, 0.1) is 0 Å². The van der Waals surface area contributed by atoms with Gasteiger partial charge in [0, 0.05) is 24.2 Å². The van der Waals surface area contributed by atoms with Crippen molar-refractivity contribution in [1.82, 2.24) is 20.4 Å². The van der Waals surface area contributed by atoms with E-state index in [-0.39, 0.29) is 0 Å². The van der Waals surface area contributed by atoms with Crippen LogP contribution in [0.15, 0.2) is 0 Å². The van der Waals surface area contributed by atoms with E-state index in [2.05, 4.69) is 48.1 Å². The van der Waals surface area contributed by atoms with Crippen LogP contribution in [-0.2, 0) is 0 Å². The molecule has 0 unspecified atom stereocenters. The standard InChI is InChI=1S/C13H26N4/c1-8-5-10(3)16-7-17-11(4)6-9(2)15-13(17)12(16)14-8/h8-15H,5-7H2,1-4H3/t8-,9-,10+,11+,12-,13-/m1/s1. The first-order chi connectivity index (χ1) is 8.06. The molecule has 2 N–H and O–H groups in total. The molecular formula is C13H26N4. The van der Waals surface area contributed by atoms with E-state index >= 15 is 0 Å². The molecule has 0 aromatic heterocycles. The molecule has 3 aliphatic rings. The Kier molecular flexibility index (Phi) is 2.94. The second-order valence-electron chi connectivity index (χ2n) is 6.36. The van der Waals surface area contributed by atoms with Crippen LogP contribution in [0.3, 0.4) is 0 Å². The maximum Gasteiger partial charge on any atom is 0.0909 e. The summed E-state index contributed by atoms with van der Waals surface area (Å²) in [5.74, 6) is 0. The minimum atomic E-state index is 0.499. The van der Waals surface area contributed by atoms with Crippen molar-refractivity contribution >= 4 is 0 Å². The normalized spacial score (nSPS) is 52.2. The molecule has 0 aliphatic carbocycles. The molecule has 0 spiro atoms. The monoisotopic (exact) mass is 238 g/mol. The third-order valence-corrected chi connectivity index (χ3v) is 4.77. The molecule has 0 aromatic carbocycles. The lowest BCUT2D eigenvalue weighted by molar-refractivity contribution is 0.0765. The average Bonchev–Trinajstić information content (AvgIpc) is 2.58. The van der Waals surface area contributed by atoms with Crippen molar-refractivity contribution < 1.29 is 0 Å². The van der Waals surface area contributed by atoms with Crippen LogP contribution in [0.5, 0.6) is 0 Å². The molecule has 4 heteroatoms. The van der Waals surface area contributed by atoms with E-state index < -0.39 is 0 Å². The molecule has 0 saturated carbocycles. The minimum absolute atomic E-state index is 0.499. The number of hydrogen-bond acceptors (Lipinski definition) is 4. The van der Waals surface area contributed by atoms with Gasteiger partial charge < -0.3 is 0 Å². The number of fused-ring (bicyclic) bond motifs is 3. The van der Waals surface area contributed by atoms with Crippen LogP contribution in [-0.4, -0.2) is 53.0 Å². The predicted octanol–water partition coefficient (Wildman–Crippen LogP) is 0.754. The summed E-state index contributed by atoms with van der Waals surface area (Å²) in [6.45, 7) is 10.5. The Bertz CT molecular complexity index is 267. The molecular weight excluding hydrogens is 212 g/mol. The second-order valence-corrected chi connectivity index (χ2v) is 6.36. The first-order valence-electron chi connectivity index (χ1n) is 7.10. The lowest BCUT2D eigenvalue weighted by atomic mass is 10.0. The summed E-state index contributed by atoms with van der Waals surface area (Å²) in [4.78, 5) is 5.26. The summed E-state index contributed by atoms with van der Waals surface area (Å²) < 4.78 is 0. The zero-order valence-electron chi connectivity index (χ0n) is 11.5. The van der Waals surface area contributed by atoms with Gasteiger partial charge in [-0.15, -0.1) is 0 Å². The zero-order valence-corrected chi connectivity index (χ0v) is 11.5. The molecule has 6 atom stereocenters. The largest absolute Gasteiger partial charge is 0.297 e. The van der Waals surface area contributed by atoms with Gasteiger partial charge in [0.25, 0.3) is 0 Å². The lowest BCUT2D eigenvalue weighted by Gasteiger charge is -2.43. The van der Waals surface area contributed by atoms with Gasteiger partial charge in [0.15, 0.2) is 0 Å². The van der Waals surface area contributed by atoms with Crippen LogP contribution in [0.1, 0.15) is 40.5 Å². The summed E-state index contributed by atoms with van der Waals surface area (Å²) in [6.07, 6.45) is 3.53. The van der Waals surface area contributed by atoms with Crippen molar-refractivity contribution in [2.75, 3.05) is 6.67 Å². The predicted molar refractivity (Wildman–Crippen MR) is 69.5 cm³/mol. The molecule has 3 heterocycles. The third-order valence-electron chi connectivity index (χ3n) is 4.77. The van der Waals surface area contributed by atoms with Gasteiger partial charge in [-0.2, -0.15) is 0 Å². The Morgan fingerprint density at radius 2 is 1.18 bits per heavy atom. The fraction of sp³-hybridized carbons (Fsp3) is 1.00. The Morgan fingerprint density at radius 1 is 0.765 bits per heavy atom. The van der Waals surface area contributed by atoms with Crippen LogP contribution in [0.2, 0.25) is 0 Å². The van der Waals surface area contributed by atoms with E-state index in [1.165, 1.54) is 12.8 Å². The van der Waals surface area contributed by atoms with E-state index in [0.717, 1.165) is 6.67 Å². The lowest BCUT2D eigenvalue weighted by Crippen LogP contribution is -2.65. The molecule has 3 fully saturated rings. The van der Waals surface area contributed by atoms with E-state index in [1.807, 2.05) is 0 Å². The zero-order chi connectivity index (χ0) is 12.2. The van der Waals surface area contributed by atoms with E-state index in [0.29, 0.717) is 36.5 Å². The Morgan fingerprint density at radius 3 is 1.59 bits per heavy atom. The van der Waals surface area contributed by atoms with Crippen LogP contribution < -0.4 is 10.6 Å². The SMILES string of the molecule is C[C@@H]1C[C@H](C)N2CN3[C@@H](C)C[C@@H](C)N[C@H]3[C@@H]2N1. The van der Waals surface area contributed by atoms with Crippen molar-refractivity contribution in [3.63, 3.8) is 0 Å². The highest BCUT2D eigenvalue weighted by Crippen LogP contribution is 2.31. The van der Waals surface area contributed by atoms with Crippen LogP contribution in [0.25, 0.3) is 0 Å². The average molecular weight is 238 g/mol. The van der Waals surface area contributed by atoms with Gasteiger partial charge in [-0.05, 0) is 40.5 Å². The van der Waals surface area contributed by atoms with Crippen molar-refractivity contribution in [3.05, 3.63) is 0 Å². The highest BCUT2D eigenvalue weighted by Gasteiger charge is 2.48. The molecule has 3 saturated heterocycles. The molecule has 98 valence electrons. The molecule has 0 radical (unpaired) electrons. The fourth-order valence-electron chi connectivity index (χ4n) is 3.94. The molecule has 0 bridgehead atoms. The van der Waals surface area contributed by atoms with Crippen molar-refractivity contribution in [2.24, 2.45) is 0 Å². The smallest absolute Gasteiger partial charge is 0.0909 e. The summed E-state index contributed by atoms with van der Waals surface area (Å²) in [5.41, 5.74) is 0. The molecule has 3 rings (SSSR count). The highest BCUT2D eigenvalue weighted by molar-refractivity contribution is 5.01. The van der Waals surface area contributed by atoms with Gasteiger partial charge >= 0.3 is 0 Å².